The van der Waals surface area contributed by atoms with E-state index in [1.165, 1.54) is 5.56 Å². The van der Waals surface area contributed by atoms with Crippen molar-refractivity contribution in [2.75, 3.05) is 5.32 Å². The molecule has 1 aromatic carbocycles. The summed E-state index contributed by atoms with van der Waals surface area (Å²) in [6, 6.07) is 8.31. The van der Waals surface area contributed by atoms with Crippen LogP contribution in [0.3, 0.4) is 0 Å². The molecule has 1 aromatic heterocycles. The van der Waals surface area contributed by atoms with Crippen molar-refractivity contribution in [2.45, 2.75) is 33.6 Å². The minimum atomic E-state index is 0.515. The summed E-state index contributed by atoms with van der Waals surface area (Å²) in [4.78, 5) is 8.74. The van der Waals surface area contributed by atoms with Crippen molar-refractivity contribution in [1.82, 2.24) is 9.97 Å². The summed E-state index contributed by atoms with van der Waals surface area (Å²) in [5.74, 6) is 1.54. The van der Waals surface area contributed by atoms with Crippen LogP contribution in [0, 0.1) is 6.92 Å². The lowest BCUT2D eigenvalue weighted by atomic mass is 10.1. The van der Waals surface area contributed by atoms with Gasteiger partial charge in [0.25, 0.3) is 0 Å². The number of rotatable bonds is 4. The highest BCUT2D eigenvalue weighted by molar-refractivity contribution is 6.30. The van der Waals surface area contributed by atoms with E-state index < -0.39 is 0 Å². The zero-order valence-electron chi connectivity index (χ0n) is 11.5. The lowest BCUT2D eigenvalue weighted by molar-refractivity contribution is 0.934. The Labute approximate surface area is 119 Å². The van der Waals surface area contributed by atoms with E-state index >= 15 is 0 Å². The van der Waals surface area contributed by atoms with Crippen LogP contribution in [0.4, 0.5) is 11.5 Å². The van der Waals surface area contributed by atoms with Crippen LogP contribution in [0.25, 0.3) is 0 Å². The first-order chi connectivity index (χ1) is 9.13. The number of anilines is 2. The lowest BCUT2D eigenvalue weighted by Gasteiger charge is -2.11. The summed E-state index contributed by atoms with van der Waals surface area (Å²) < 4.78 is 0. The van der Waals surface area contributed by atoms with Crippen molar-refractivity contribution in [3.8, 4) is 0 Å². The largest absolute Gasteiger partial charge is 0.340 e. The summed E-state index contributed by atoms with van der Waals surface area (Å²) in [6.45, 7) is 6.08. The molecule has 2 rings (SSSR count). The third-order valence-electron chi connectivity index (χ3n) is 3.05. The van der Waals surface area contributed by atoms with Crippen LogP contribution in [-0.4, -0.2) is 9.97 Å². The molecule has 0 atom stereocenters. The predicted octanol–water partition coefficient (Wildman–Crippen LogP) is 4.31. The van der Waals surface area contributed by atoms with E-state index in [4.69, 9.17) is 11.6 Å². The second kappa shape index (κ2) is 6.02. The maximum Gasteiger partial charge on any atom is 0.138 e. The van der Waals surface area contributed by atoms with Gasteiger partial charge in [0.2, 0.25) is 0 Å². The highest BCUT2D eigenvalue weighted by atomic mass is 35.5. The number of nitrogens with one attached hydrogen (secondary N) is 1. The third kappa shape index (κ3) is 3.24. The van der Waals surface area contributed by atoms with Crippen molar-refractivity contribution in [1.29, 1.82) is 0 Å². The molecule has 3 nitrogen and oxygen atoms in total. The standard InChI is InChI=1S/C15H18ClN3/c1-4-11-7-6-8-12(9-11)17-15-10(3)14(16)18-13(5-2)19-15/h6-9H,4-5H2,1-3H3,(H,17,18,19). The van der Waals surface area contributed by atoms with Gasteiger partial charge in [-0.05, 0) is 31.0 Å². The molecule has 1 N–H and O–H groups in total. The Hall–Kier alpha value is -1.61. The van der Waals surface area contributed by atoms with Gasteiger partial charge >= 0.3 is 0 Å². The van der Waals surface area contributed by atoms with Gasteiger partial charge in [0.15, 0.2) is 0 Å². The van der Waals surface area contributed by atoms with Gasteiger partial charge < -0.3 is 5.32 Å². The van der Waals surface area contributed by atoms with Gasteiger partial charge in [0, 0.05) is 17.7 Å². The van der Waals surface area contributed by atoms with Crippen LogP contribution in [0.2, 0.25) is 5.15 Å². The molecule has 4 heteroatoms. The summed E-state index contributed by atoms with van der Waals surface area (Å²) in [7, 11) is 0. The van der Waals surface area contributed by atoms with Crippen molar-refractivity contribution in [3.05, 3.63) is 46.4 Å². The fourth-order valence-electron chi connectivity index (χ4n) is 1.82. The summed E-state index contributed by atoms with van der Waals surface area (Å²) in [6.07, 6.45) is 1.78. The first kappa shape index (κ1) is 13.8. The minimum absolute atomic E-state index is 0.515. The van der Waals surface area contributed by atoms with Crippen LogP contribution in [0.15, 0.2) is 24.3 Å². The minimum Gasteiger partial charge on any atom is -0.340 e. The van der Waals surface area contributed by atoms with Gasteiger partial charge in [0.1, 0.15) is 16.8 Å². The van der Waals surface area contributed by atoms with Crippen molar-refractivity contribution < 1.29 is 0 Å². The molecule has 19 heavy (non-hydrogen) atoms. The summed E-state index contributed by atoms with van der Waals surface area (Å²) in [5, 5.41) is 3.84. The number of aromatic nitrogens is 2. The van der Waals surface area contributed by atoms with E-state index in [0.717, 1.165) is 35.7 Å². The summed E-state index contributed by atoms with van der Waals surface area (Å²) >= 11 is 6.13. The second-order valence-corrected chi connectivity index (χ2v) is 4.79. The Balaban J connectivity index is 2.34. The van der Waals surface area contributed by atoms with Crippen LogP contribution < -0.4 is 5.32 Å². The van der Waals surface area contributed by atoms with Gasteiger partial charge in [-0.3, -0.25) is 0 Å². The molecule has 0 bridgehead atoms. The highest BCUT2D eigenvalue weighted by Gasteiger charge is 2.08. The monoisotopic (exact) mass is 275 g/mol. The van der Waals surface area contributed by atoms with Crippen LogP contribution in [-0.2, 0) is 12.8 Å². The second-order valence-electron chi connectivity index (χ2n) is 4.44. The average Bonchev–Trinajstić information content (AvgIpc) is 2.43. The Kier molecular flexibility index (Phi) is 4.38. The average molecular weight is 276 g/mol. The number of benzene rings is 1. The number of nitrogens with zero attached hydrogens (tertiary/aromatic N) is 2. The number of aryl methyl sites for hydroxylation is 2. The normalized spacial score (nSPS) is 10.5. The van der Waals surface area contributed by atoms with E-state index in [2.05, 4.69) is 34.3 Å². The van der Waals surface area contributed by atoms with E-state index in [0.29, 0.717) is 5.15 Å². The molecular weight excluding hydrogens is 258 g/mol. The Morgan fingerprint density at radius 1 is 1.16 bits per heavy atom. The smallest absolute Gasteiger partial charge is 0.138 e. The fourth-order valence-corrected chi connectivity index (χ4v) is 2.01. The molecule has 0 unspecified atom stereocenters. The molecule has 0 radical (unpaired) electrons. The van der Waals surface area contributed by atoms with Gasteiger partial charge in [-0.1, -0.05) is 37.6 Å². The molecule has 0 aliphatic heterocycles. The predicted molar refractivity (Wildman–Crippen MR) is 80.3 cm³/mol. The zero-order chi connectivity index (χ0) is 13.8. The first-order valence-electron chi connectivity index (χ1n) is 6.53. The molecule has 100 valence electrons. The SMILES string of the molecule is CCc1cccc(Nc2nc(CC)nc(Cl)c2C)c1. The lowest BCUT2D eigenvalue weighted by Crippen LogP contribution is -2.03. The molecule has 0 saturated heterocycles. The number of halogens is 1. The van der Waals surface area contributed by atoms with E-state index in [1.54, 1.807) is 0 Å². The Morgan fingerprint density at radius 2 is 1.95 bits per heavy atom. The molecular formula is C15H18ClN3. The molecule has 0 amide bonds. The van der Waals surface area contributed by atoms with Gasteiger partial charge in [-0.2, -0.15) is 0 Å². The third-order valence-corrected chi connectivity index (χ3v) is 3.41. The quantitative estimate of drug-likeness (QED) is 0.845. The van der Waals surface area contributed by atoms with E-state index in [1.807, 2.05) is 26.0 Å². The highest BCUT2D eigenvalue weighted by Crippen LogP contribution is 2.24. The number of hydrogen-bond donors (Lipinski definition) is 1. The van der Waals surface area contributed by atoms with E-state index in [-0.39, 0.29) is 0 Å². The first-order valence-corrected chi connectivity index (χ1v) is 6.90. The van der Waals surface area contributed by atoms with Crippen LogP contribution in [0.5, 0.6) is 0 Å². The molecule has 0 saturated carbocycles. The van der Waals surface area contributed by atoms with Crippen molar-refractivity contribution in [2.24, 2.45) is 0 Å². The topological polar surface area (TPSA) is 37.8 Å². The van der Waals surface area contributed by atoms with Crippen molar-refractivity contribution in [3.63, 3.8) is 0 Å². The van der Waals surface area contributed by atoms with Gasteiger partial charge in [-0.15, -0.1) is 0 Å². The van der Waals surface area contributed by atoms with E-state index in [9.17, 15) is 0 Å². The van der Waals surface area contributed by atoms with Crippen molar-refractivity contribution >= 4 is 23.1 Å². The zero-order valence-corrected chi connectivity index (χ0v) is 12.3. The van der Waals surface area contributed by atoms with Gasteiger partial charge in [-0.25, -0.2) is 9.97 Å². The Morgan fingerprint density at radius 3 is 2.63 bits per heavy atom. The van der Waals surface area contributed by atoms with Crippen LogP contribution >= 0.6 is 11.6 Å². The molecule has 0 aliphatic rings. The fraction of sp³-hybridized carbons (Fsp3) is 0.333. The van der Waals surface area contributed by atoms with Gasteiger partial charge in [0.05, 0.1) is 0 Å². The Bertz CT molecular complexity index is 582. The number of hydrogen-bond acceptors (Lipinski definition) is 3. The van der Waals surface area contributed by atoms with Crippen LogP contribution in [0.1, 0.15) is 30.8 Å². The maximum atomic E-state index is 6.13. The molecule has 0 fully saturated rings. The molecule has 1 heterocycles. The molecule has 0 spiro atoms. The summed E-state index contributed by atoms with van der Waals surface area (Å²) in [5.41, 5.74) is 3.19. The molecule has 2 aromatic rings. The molecule has 0 aliphatic carbocycles. The maximum absolute atomic E-state index is 6.13.